The third-order valence-corrected chi connectivity index (χ3v) is 5.21. The van der Waals surface area contributed by atoms with E-state index in [2.05, 4.69) is 55.0 Å². The highest BCUT2D eigenvalue weighted by Crippen LogP contribution is 2.24. The average Bonchev–Trinajstić information content (AvgIpc) is 2.56. The SMILES string of the molecule is CCC(C)c1ccccc1CCCCCN1CCN(C)CC1. The third-order valence-electron chi connectivity index (χ3n) is 5.21. The van der Waals surface area contributed by atoms with Gasteiger partial charge in [0.15, 0.2) is 0 Å². The maximum atomic E-state index is 2.63. The minimum atomic E-state index is 0.696. The van der Waals surface area contributed by atoms with Gasteiger partial charge in [0.05, 0.1) is 0 Å². The summed E-state index contributed by atoms with van der Waals surface area (Å²) in [5.41, 5.74) is 3.15. The summed E-state index contributed by atoms with van der Waals surface area (Å²) >= 11 is 0. The molecule has 1 saturated heterocycles. The van der Waals surface area contributed by atoms with Crippen molar-refractivity contribution in [2.75, 3.05) is 39.8 Å². The van der Waals surface area contributed by atoms with Crippen LogP contribution in [0.15, 0.2) is 24.3 Å². The first kappa shape index (κ1) is 17.5. The summed E-state index contributed by atoms with van der Waals surface area (Å²) in [6.07, 6.45) is 6.54. The van der Waals surface area contributed by atoms with E-state index in [0.29, 0.717) is 5.92 Å². The van der Waals surface area contributed by atoms with Gasteiger partial charge in [0, 0.05) is 26.2 Å². The standard InChI is InChI=1S/C20H34N2/c1-4-18(2)20-12-8-7-11-19(20)10-6-5-9-13-22-16-14-21(3)15-17-22/h7-8,11-12,18H,4-6,9-10,13-17H2,1-3H3. The molecule has 1 fully saturated rings. The van der Waals surface area contributed by atoms with Crippen LogP contribution in [0.4, 0.5) is 0 Å². The van der Waals surface area contributed by atoms with Gasteiger partial charge in [-0.05, 0) is 56.3 Å². The van der Waals surface area contributed by atoms with Crippen molar-refractivity contribution in [1.29, 1.82) is 0 Å². The van der Waals surface area contributed by atoms with Gasteiger partial charge in [-0.2, -0.15) is 0 Å². The molecule has 1 aliphatic heterocycles. The fourth-order valence-electron chi connectivity index (χ4n) is 3.36. The van der Waals surface area contributed by atoms with Crippen molar-refractivity contribution < 1.29 is 0 Å². The van der Waals surface area contributed by atoms with Crippen LogP contribution < -0.4 is 0 Å². The second-order valence-corrected chi connectivity index (χ2v) is 6.96. The van der Waals surface area contributed by atoms with Crippen molar-refractivity contribution in [1.82, 2.24) is 9.80 Å². The Morgan fingerprint density at radius 2 is 1.73 bits per heavy atom. The highest BCUT2D eigenvalue weighted by molar-refractivity contribution is 5.30. The third kappa shape index (κ3) is 5.40. The number of rotatable bonds is 8. The normalized spacial score (nSPS) is 18.5. The fourth-order valence-corrected chi connectivity index (χ4v) is 3.36. The number of likely N-dealkylation sites (N-methyl/N-ethyl adjacent to an activating group) is 1. The average molecular weight is 303 g/mol. The molecule has 0 aliphatic carbocycles. The van der Waals surface area contributed by atoms with E-state index in [4.69, 9.17) is 0 Å². The number of hydrogen-bond donors (Lipinski definition) is 0. The Kier molecular flexibility index (Phi) is 7.41. The van der Waals surface area contributed by atoms with Crippen molar-refractivity contribution in [3.63, 3.8) is 0 Å². The Morgan fingerprint density at radius 3 is 2.45 bits per heavy atom. The Hall–Kier alpha value is -0.860. The van der Waals surface area contributed by atoms with Crippen LogP contribution in [0, 0.1) is 0 Å². The van der Waals surface area contributed by atoms with Crippen molar-refractivity contribution >= 4 is 0 Å². The lowest BCUT2D eigenvalue weighted by Crippen LogP contribution is -2.44. The molecular formula is C20H34N2. The van der Waals surface area contributed by atoms with Crippen molar-refractivity contribution in [3.8, 4) is 0 Å². The van der Waals surface area contributed by atoms with Gasteiger partial charge < -0.3 is 9.80 Å². The van der Waals surface area contributed by atoms with Gasteiger partial charge in [-0.1, -0.05) is 44.5 Å². The molecule has 0 aromatic heterocycles. The fraction of sp³-hybridized carbons (Fsp3) is 0.700. The Morgan fingerprint density at radius 1 is 1.00 bits per heavy atom. The van der Waals surface area contributed by atoms with Gasteiger partial charge in [-0.3, -0.25) is 0 Å². The highest BCUT2D eigenvalue weighted by atomic mass is 15.2. The van der Waals surface area contributed by atoms with Crippen LogP contribution in [0.5, 0.6) is 0 Å². The smallest absolute Gasteiger partial charge is 0.0110 e. The van der Waals surface area contributed by atoms with Crippen molar-refractivity contribution in [2.24, 2.45) is 0 Å². The first-order valence-corrected chi connectivity index (χ1v) is 9.19. The zero-order valence-corrected chi connectivity index (χ0v) is 14.9. The van der Waals surface area contributed by atoms with E-state index < -0.39 is 0 Å². The minimum Gasteiger partial charge on any atom is -0.304 e. The molecule has 0 bridgehead atoms. The van der Waals surface area contributed by atoms with Crippen molar-refractivity contribution in [2.45, 2.75) is 51.9 Å². The summed E-state index contributed by atoms with van der Waals surface area (Å²) in [6.45, 7) is 10.9. The van der Waals surface area contributed by atoms with E-state index in [9.17, 15) is 0 Å². The summed E-state index contributed by atoms with van der Waals surface area (Å²) in [4.78, 5) is 5.06. The zero-order valence-electron chi connectivity index (χ0n) is 14.9. The summed E-state index contributed by atoms with van der Waals surface area (Å²) < 4.78 is 0. The lowest BCUT2D eigenvalue weighted by atomic mass is 9.91. The van der Waals surface area contributed by atoms with Gasteiger partial charge >= 0.3 is 0 Å². The largest absolute Gasteiger partial charge is 0.304 e. The minimum absolute atomic E-state index is 0.696. The second kappa shape index (κ2) is 9.32. The van der Waals surface area contributed by atoms with E-state index in [1.807, 2.05) is 0 Å². The summed E-state index contributed by atoms with van der Waals surface area (Å²) in [7, 11) is 2.23. The van der Waals surface area contributed by atoms with E-state index >= 15 is 0 Å². The van der Waals surface area contributed by atoms with Crippen LogP contribution in [0.1, 0.15) is 56.6 Å². The van der Waals surface area contributed by atoms with Gasteiger partial charge in [-0.15, -0.1) is 0 Å². The Labute approximate surface area is 137 Å². The topological polar surface area (TPSA) is 6.48 Å². The van der Waals surface area contributed by atoms with Crippen LogP contribution in [-0.2, 0) is 6.42 Å². The first-order chi connectivity index (χ1) is 10.7. The summed E-state index contributed by atoms with van der Waals surface area (Å²) in [6, 6.07) is 9.06. The number of unbranched alkanes of at least 4 members (excludes halogenated alkanes) is 2. The lowest BCUT2D eigenvalue weighted by molar-refractivity contribution is 0.152. The molecule has 1 aliphatic rings. The molecule has 1 heterocycles. The van der Waals surface area contributed by atoms with Crippen molar-refractivity contribution in [3.05, 3.63) is 35.4 Å². The number of aryl methyl sites for hydroxylation is 1. The number of nitrogens with zero attached hydrogens (tertiary/aromatic N) is 2. The van der Waals surface area contributed by atoms with E-state index in [1.54, 1.807) is 11.1 Å². The molecule has 1 aromatic rings. The molecule has 1 aromatic carbocycles. The van der Waals surface area contributed by atoms with Gasteiger partial charge in [0.2, 0.25) is 0 Å². The summed E-state index contributed by atoms with van der Waals surface area (Å²) in [5.74, 6) is 0.696. The zero-order chi connectivity index (χ0) is 15.8. The molecule has 0 radical (unpaired) electrons. The molecular weight excluding hydrogens is 268 g/mol. The summed E-state index contributed by atoms with van der Waals surface area (Å²) in [5, 5.41) is 0. The molecule has 124 valence electrons. The Balaban J connectivity index is 1.66. The van der Waals surface area contributed by atoms with Gasteiger partial charge in [0.25, 0.3) is 0 Å². The van der Waals surface area contributed by atoms with Crippen LogP contribution in [0.2, 0.25) is 0 Å². The number of benzene rings is 1. The second-order valence-electron chi connectivity index (χ2n) is 6.96. The van der Waals surface area contributed by atoms with Crippen LogP contribution in [-0.4, -0.2) is 49.6 Å². The van der Waals surface area contributed by atoms with E-state index in [1.165, 1.54) is 64.8 Å². The predicted molar refractivity (Wildman–Crippen MR) is 96.6 cm³/mol. The highest BCUT2D eigenvalue weighted by Gasteiger charge is 2.13. The molecule has 0 spiro atoms. The quantitative estimate of drug-likeness (QED) is 0.665. The molecule has 1 atom stereocenters. The van der Waals surface area contributed by atoms with E-state index in [0.717, 1.165) is 0 Å². The number of piperazine rings is 1. The monoisotopic (exact) mass is 302 g/mol. The molecule has 22 heavy (non-hydrogen) atoms. The molecule has 1 unspecified atom stereocenters. The molecule has 2 heteroatoms. The predicted octanol–water partition coefficient (Wildman–Crippen LogP) is 4.16. The van der Waals surface area contributed by atoms with Gasteiger partial charge in [0.1, 0.15) is 0 Å². The van der Waals surface area contributed by atoms with Gasteiger partial charge in [-0.25, -0.2) is 0 Å². The molecule has 0 saturated carbocycles. The maximum absolute atomic E-state index is 2.63. The van der Waals surface area contributed by atoms with Crippen LogP contribution >= 0.6 is 0 Å². The maximum Gasteiger partial charge on any atom is 0.0110 e. The first-order valence-electron chi connectivity index (χ1n) is 9.19. The molecule has 0 N–H and O–H groups in total. The lowest BCUT2D eigenvalue weighted by Gasteiger charge is -2.32. The van der Waals surface area contributed by atoms with Crippen LogP contribution in [0.3, 0.4) is 0 Å². The molecule has 0 amide bonds. The molecule has 2 rings (SSSR count). The van der Waals surface area contributed by atoms with Crippen LogP contribution in [0.25, 0.3) is 0 Å². The molecule has 2 nitrogen and oxygen atoms in total. The number of hydrogen-bond acceptors (Lipinski definition) is 2. The Bertz CT molecular complexity index is 421. The van der Waals surface area contributed by atoms with E-state index in [-0.39, 0.29) is 0 Å².